The van der Waals surface area contributed by atoms with E-state index in [2.05, 4.69) is 18.7 Å². The Labute approximate surface area is 121 Å². The molecule has 1 amide bonds. The zero-order chi connectivity index (χ0) is 14.2. The van der Waals surface area contributed by atoms with Crippen molar-refractivity contribution in [2.75, 3.05) is 19.7 Å². The van der Waals surface area contributed by atoms with E-state index in [9.17, 15) is 4.79 Å². The van der Waals surface area contributed by atoms with Crippen LogP contribution in [0, 0.1) is 0 Å². The standard InChI is InChI=1S/C17H23NO2/c1-2-13-20-16-9-6-12-18(14-16)17(19)11-10-15-7-4-3-5-8-15/h2-5,7-8,16H,1,6,9-14H2/t16-/m0/s1. The number of carbonyl (C=O) groups is 1. The first-order chi connectivity index (χ1) is 9.79. The van der Waals surface area contributed by atoms with Crippen molar-refractivity contribution in [1.29, 1.82) is 0 Å². The quantitative estimate of drug-likeness (QED) is 0.746. The molecule has 3 nitrogen and oxygen atoms in total. The molecule has 1 aromatic rings. The molecule has 0 radical (unpaired) electrons. The molecule has 1 aromatic carbocycles. The third-order valence-corrected chi connectivity index (χ3v) is 3.65. The van der Waals surface area contributed by atoms with Crippen molar-refractivity contribution in [2.24, 2.45) is 0 Å². The Balaban J connectivity index is 1.78. The highest BCUT2D eigenvalue weighted by Crippen LogP contribution is 2.15. The summed E-state index contributed by atoms with van der Waals surface area (Å²) in [5.41, 5.74) is 1.22. The SMILES string of the molecule is C=CCO[C@H]1CCCN(C(=O)CCc2ccccc2)C1. The Morgan fingerprint density at radius 3 is 2.95 bits per heavy atom. The van der Waals surface area contributed by atoms with Gasteiger partial charge in [-0.25, -0.2) is 0 Å². The average Bonchev–Trinajstić information content (AvgIpc) is 2.52. The number of rotatable bonds is 6. The van der Waals surface area contributed by atoms with Crippen LogP contribution in [0.15, 0.2) is 43.0 Å². The second kappa shape index (κ2) is 7.85. The Hall–Kier alpha value is -1.61. The largest absolute Gasteiger partial charge is 0.372 e. The third kappa shape index (κ3) is 4.49. The molecule has 20 heavy (non-hydrogen) atoms. The van der Waals surface area contributed by atoms with Gasteiger partial charge in [-0.05, 0) is 24.8 Å². The zero-order valence-corrected chi connectivity index (χ0v) is 12.0. The van der Waals surface area contributed by atoms with Gasteiger partial charge in [0.05, 0.1) is 12.7 Å². The van der Waals surface area contributed by atoms with Gasteiger partial charge in [0, 0.05) is 19.5 Å². The summed E-state index contributed by atoms with van der Waals surface area (Å²) in [5.74, 6) is 0.237. The van der Waals surface area contributed by atoms with Crippen molar-refractivity contribution in [3.63, 3.8) is 0 Å². The van der Waals surface area contributed by atoms with Crippen molar-refractivity contribution < 1.29 is 9.53 Å². The molecule has 2 rings (SSSR count). The first kappa shape index (κ1) is 14.8. The van der Waals surface area contributed by atoms with Crippen LogP contribution in [0.2, 0.25) is 0 Å². The normalized spacial score (nSPS) is 18.8. The van der Waals surface area contributed by atoms with Crippen LogP contribution >= 0.6 is 0 Å². The van der Waals surface area contributed by atoms with Gasteiger partial charge in [0.1, 0.15) is 0 Å². The first-order valence-corrected chi connectivity index (χ1v) is 7.34. The number of hydrogen-bond acceptors (Lipinski definition) is 2. The smallest absolute Gasteiger partial charge is 0.222 e. The maximum Gasteiger partial charge on any atom is 0.222 e. The van der Waals surface area contributed by atoms with Gasteiger partial charge in [-0.15, -0.1) is 6.58 Å². The highest BCUT2D eigenvalue weighted by atomic mass is 16.5. The van der Waals surface area contributed by atoms with E-state index < -0.39 is 0 Å². The summed E-state index contributed by atoms with van der Waals surface area (Å²) in [7, 11) is 0. The van der Waals surface area contributed by atoms with E-state index in [1.807, 2.05) is 23.1 Å². The summed E-state index contributed by atoms with van der Waals surface area (Å²) >= 11 is 0. The predicted octanol–water partition coefficient (Wildman–Crippen LogP) is 2.81. The average molecular weight is 273 g/mol. The fourth-order valence-electron chi connectivity index (χ4n) is 2.56. The molecular formula is C17H23NO2. The maximum absolute atomic E-state index is 12.2. The summed E-state index contributed by atoms with van der Waals surface area (Å²) in [4.78, 5) is 14.2. The van der Waals surface area contributed by atoms with Gasteiger partial charge >= 0.3 is 0 Å². The monoisotopic (exact) mass is 273 g/mol. The van der Waals surface area contributed by atoms with Crippen LogP contribution in [-0.4, -0.2) is 36.6 Å². The van der Waals surface area contributed by atoms with Crippen molar-refractivity contribution in [3.05, 3.63) is 48.6 Å². The molecule has 0 spiro atoms. The van der Waals surface area contributed by atoms with Crippen LogP contribution < -0.4 is 0 Å². The van der Waals surface area contributed by atoms with Gasteiger partial charge in [-0.1, -0.05) is 36.4 Å². The van der Waals surface area contributed by atoms with E-state index in [-0.39, 0.29) is 12.0 Å². The van der Waals surface area contributed by atoms with Crippen molar-refractivity contribution in [2.45, 2.75) is 31.8 Å². The van der Waals surface area contributed by atoms with E-state index in [0.29, 0.717) is 13.0 Å². The topological polar surface area (TPSA) is 29.5 Å². The van der Waals surface area contributed by atoms with Crippen LogP contribution in [0.5, 0.6) is 0 Å². The van der Waals surface area contributed by atoms with Gasteiger partial charge in [-0.3, -0.25) is 4.79 Å². The lowest BCUT2D eigenvalue weighted by Crippen LogP contribution is -2.43. The number of carbonyl (C=O) groups excluding carboxylic acids is 1. The number of likely N-dealkylation sites (tertiary alicyclic amines) is 1. The van der Waals surface area contributed by atoms with Crippen molar-refractivity contribution >= 4 is 5.91 Å². The predicted molar refractivity (Wildman–Crippen MR) is 80.5 cm³/mol. The minimum atomic E-state index is 0.169. The summed E-state index contributed by atoms with van der Waals surface area (Å²) < 4.78 is 5.66. The number of hydrogen-bond donors (Lipinski definition) is 0. The maximum atomic E-state index is 12.2. The number of piperidine rings is 1. The highest BCUT2D eigenvalue weighted by Gasteiger charge is 2.23. The number of nitrogens with zero attached hydrogens (tertiary/aromatic N) is 1. The molecule has 1 saturated heterocycles. The van der Waals surface area contributed by atoms with Crippen molar-refractivity contribution in [3.8, 4) is 0 Å². The van der Waals surface area contributed by atoms with E-state index >= 15 is 0 Å². The second-order valence-corrected chi connectivity index (χ2v) is 5.21. The Bertz CT molecular complexity index is 430. The summed E-state index contributed by atoms with van der Waals surface area (Å²) in [6.45, 7) is 5.81. The molecule has 1 atom stereocenters. The lowest BCUT2D eigenvalue weighted by atomic mass is 10.1. The molecule has 1 aliphatic rings. The van der Waals surface area contributed by atoms with Crippen LogP contribution in [-0.2, 0) is 16.0 Å². The number of amides is 1. The van der Waals surface area contributed by atoms with Gasteiger partial charge in [0.2, 0.25) is 5.91 Å². The van der Waals surface area contributed by atoms with E-state index in [0.717, 1.165) is 32.4 Å². The minimum Gasteiger partial charge on any atom is -0.372 e. The summed E-state index contributed by atoms with van der Waals surface area (Å²) in [6, 6.07) is 10.2. The van der Waals surface area contributed by atoms with E-state index in [4.69, 9.17) is 4.74 Å². The number of aryl methyl sites for hydroxylation is 1. The van der Waals surface area contributed by atoms with Gasteiger partial charge in [-0.2, -0.15) is 0 Å². The Morgan fingerprint density at radius 2 is 2.20 bits per heavy atom. The van der Waals surface area contributed by atoms with Gasteiger partial charge in [0.25, 0.3) is 0 Å². The molecule has 0 bridgehead atoms. The minimum absolute atomic E-state index is 0.169. The lowest BCUT2D eigenvalue weighted by Gasteiger charge is -2.32. The summed E-state index contributed by atoms with van der Waals surface area (Å²) in [5, 5.41) is 0. The summed E-state index contributed by atoms with van der Waals surface area (Å²) in [6.07, 6.45) is 5.39. The molecule has 0 aliphatic carbocycles. The molecule has 1 heterocycles. The first-order valence-electron chi connectivity index (χ1n) is 7.34. The highest BCUT2D eigenvalue weighted by molar-refractivity contribution is 5.76. The Kier molecular flexibility index (Phi) is 5.81. The molecule has 0 N–H and O–H groups in total. The van der Waals surface area contributed by atoms with Gasteiger partial charge < -0.3 is 9.64 Å². The molecule has 3 heteroatoms. The fourth-order valence-corrected chi connectivity index (χ4v) is 2.56. The molecule has 0 saturated carbocycles. The molecule has 0 unspecified atom stereocenters. The fraction of sp³-hybridized carbons (Fsp3) is 0.471. The molecule has 108 valence electrons. The molecule has 0 aromatic heterocycles. The van der Waals surface area contributed by atoms with E-state index in [1.54, 1.807) is 6.08 Å². The van der Waals surface area contributed by atoms with Crippen LogP contribution in [0.4, 0.5) is 0 Å². The Morgan fingerprint density at radius 1 is 1.40 bits per heavy atom. The van der Waals surface area contributed by atoms with E-state index in [1.165, 1.54) is 5.56 Å². The molecular weight excluding hydrogens is 250 g/mol. The van der Waals surface area contributed by atoms with Crippen LogP contribution in [0.1, 0.15) is 24.8 Å². The number of benzene rings is 1. The van der Waals surface area contributed by atoms with Crippen molar-refractivity contribution in [1.82, 2.24) is 4.90 Å². The number of ether oxygens (including phenoxy) is 1. The second-order valence-electron chi connectivity index (χ2n) is 5.21. The van der Waals surface area contributed by atoms with Gasteiger partial charge in [0.15, 0.2) is 0 Å². The molecule has 1 fully saturated rings. The third-order valence-electron chi connectivity index (χ3n) is 3.65. The van der Waals surface area contributed by atoms with Crippen LogP contribution in [0.3, 0.4) is 0 Å². The van der Waals surface area contributed by atoms with Crippen LogP contribution in [0.25, 0.3) is 0 Å². The lowest BCUT2D eigenvalue weighted by molar-refractivity contribution is -0.135. The molecule has 1 aliphatic heterocycles. The zero-order valence-electron chi connectivity index (χ0n) is 12.0.